The molecule has 0 bridgehead atoms. The summed E-state index contributed by atoms with van der Waals surface area (Å²) >= 11 is 0. The molecule has 0 radical (unpaired) electrons. The van der Waals surface area contributed by atoms with Crippen LogP contribution in [0, 0.1) is 11.6 Å². The normalized spacial score (nSPS) is 17.2. The number of nitrogens with one attached hydrogen (secondary N) is 2. The average molecular weight is 391 g/mol. The third-order valence-corrected chi connectivity index (χ3v) is 4.68. The molecule has 1 fully saturated rings. The molecule has 2 aromatic rings. The van der Waals surface area contributed by atoms with Crippen LogP contribution in [0.25, 0.3) is 0 Å². The predicted molar refractivity (Wildman–Crippen MR) is 105 cm³/mol. The number of aliphatic imine (C=N–C) groups is 1. The van der Waals surface area contributed by atoms with Gasteiger partial charge in [0.1, 0.15) is 24.3 Å². The molecule has 1 atom stereocenters. The summed E-state index contributed by atoms with van der Waals surface area (Å²) in [4.78, 5) is 6.57. The van der Waals surface area contributed by atoms with Crippen LogP contribution in [0.5, 0.6) is 0 Å². The highest BCUT2D eigenvalue weighted by Crippen LogP contribution is 2.24. The number of benzene rings is 1. The second-order valence-electron chi connectivity index (χ2n) is 6.84. The van der Waals surface area contributed by atoms with Crippen LogP contribution in [0.3, 0.4) is 0 Å². The van der Waals surface area contributed by atoms with Gasteiger partial charge in [0, 0.05) is 44.8 Å². The summed E-state index contributed by atoms with van der Waals surface area (Å²) in [6, 6.07) is 3.90. The van der Waals surface area contributed by atoms with E-state index in [9.17, 15) is 8.78 Å². The second kappa shape index (κ2) is 10.0. The van der Waals surface area contributed by atoms with E-state index in [1.165, 1.54) is 12.1 Å². The maximum Gasteiger partial charge on any atom is 0.191 e. The molecule has 0 spiro atoms. The summed E-state index contributed by atoms with van der Waals surface area (Å²) < 4.78 is 29.1. The summed E-state index contributed by atoms with van der Waals surface area (Å²) in [6.07, 6.45) is 6.26. The molecule has 2 heterocycles. The Morgan fingerprint density at radius 3 is 2.82 bits per heavy atom. The summed E-state index contributed by atoms with van der Waals surface area (Å²) in [5.74, 6) is -0.298. The van der Waals surface area contributed by atoms with E-state index in [4.69, 9.17) is 0 Å². The molecule has 1 aliphatic heterocycles. The van der Waals surface area contributed by atoms with Crippen molar-refractivity contribution in [1.29, 1.82) is 0 Å². The minimum absolute atomic E-state index is 0.166. The molecule has 152 valence electrons. The number of rotatable bonds is 8. The highest BCUT2D eigenvalue weighted by atomic mass is 19.1. The summed E-state index contributed by atoms with van der Waals surface area (Å²) in [6.45, 7) is 5.78. The Bertz CT molecular complexity index is 764. The highest BCUT2D eigenvalue weighted by Gasteiger charge is 2.25. The number of anilines is 1. The third-order valence-electron chi connectivity index (χ3n) is 4.68. The van der Waals surface area contributed by atoms with Crippen molar-refractivity contribution in [2.45, 2.75) is 38.8 Å². The fourth-order valence-corrected chi connectivity index (χ4v) is 3.28. The number of hydrogen-bond donors (Lipinski definition) is 2. The minimum atomic E-state index is -0.555. The van der Waals surface area contributed by atoms with Crippen molar-refractivity contribution in [3.63, 3.8) is 0 Å². The number of unbranched alkanes of at least 4 members (excludes halogenated alkanes) is 1. The first-order chi connectivity index (χ1) is 13.7. The molecule has 0 amide bonds. The SMILES string of the molecule is CCNC(=NCCCCn1cnnc1)NC1CCN(c2ccc(F)cc2F)C1. The van der Waals surface area contributed by atoms with Gasteiger partial charge in [0.2, 0.25) is 0 Å². The van der Waals surface area contributed by atoms with Crippen molar-refractivity contribution in [3.05, 3.63) is 42.5 Å². The van der Waals surface area contributed by atoms with E-state index < -0.39 is 11.6 Å². The van der Waals surface area contributed by atoms with Gasteiger partial charge in [-0.2, -0.15) is 0 Å². The van der Waals surface area contributed by atoms with Crippen LogP contribution >= 0.6 is 0 Å². The zero-order chi connectivity index (χ0) is 19.8. The minimum Gasteiger partial charge on any atom is -0.367 e. The Balaban J connectivity index is 1.47. The lowest BCUT2D eigenvalue weighted by Crippen LogP contribution is -2.44. The number of guanidine groups is 1. The van der Waals surface area contributed by atoms with Gasteiger partial charge in [0.25, 0.3) is 0 Å². The van der Waals surface area contributed by atoms with Gasteiger partial charge in [-0.25, -0.2) is 8.78 Å². The number of hydrogen-bond acceptors (Lipinski definition) is 4. The molecule has 1 aromatic carbocycles. The maximum atomic E-state index is 14.0. The lowest BCUT2D eigenvalue weighted by molar-refractivity contribution is 0.580. The fourth-order valence-electron chi connectivity index (χ4n) is 3.28. The topological polar surface area (TPSA) is 70.4 Å². The van der Waals surface area contributed by atoms with Crippen LogP contribution in [-0.2, 0) is 6.54 Å². The Labute approximate surface area is 163 Å². The fraction of sp³-hybridized carbons (Fsp3) is 0.526. The van der Waals surface area contributed by atoms with Crippen LogP contribution in [0.15, 0.2) is 35.8 Å². The Morgan fingerprint density at radius 1 is 1.25 bits per heavy atom. The van der Waals surface area contributed by atoms with Gasteiger partial charge >= 0.3 is 0 Å². The highest BCUT2D eigenvalue weighted by molar-refractivity contribution is 5.80. The van der Waals surface area contributed by atoms with Gasteiger partial charge < -0.3 is 20.1 Å². The largest absolute Gasteiger partial charge is 0.367 e. The monoisotopic (exact) mass is 391 g/mol. The van der Waals surface area contributed by atoms with Crippen molar-refractivity contribution >= 4 is 11.6 Å². The molecule has 1 unspecified atom stereocenters. The molecule has 3 rings (SSSR count). The number of aromatic nitrogens is 3. The predicted octanol–water partition coefficient (Wildman–Crippen LogP) is 2.17. The quantitative estimate of drug-likeness (QED) is 0.410. The van der Waals surface area contributed by atoms with E-state index in [1.54, 1.807) is 12.7 Å². The average Bonchev–Trinajstić information content (AvgIpc) is 3.34. The van der Waals surface area contributed by atoms with E-state index >= 15 is 0 Å². The van der Waals surface area contributed by atoms with Crippen molar-refractivity contribution in [2.75, 3.05) is 31.1 Å². The van der Waals surface area contributed by atoms with Crippen LogP contribution in [0.1, 0.15) is 26.2 Å². The van der Waals surface area contributed by atoms with Crippen LogP contribution in [0.2, 0.25) is 0 Å². The van der Waals surface area contributed by atoms with Crippen LogP contribution in [-0.4, -0.2) is 52.9 Å². The molecule has 2 N–H and O–H groups in total. The van der Waals surface area contributed by atoms with E-state index in [0.717, 1.165) is 57.5 Å². The van der Waals surface area contributed by atoms with Crippen molar-refractivity contribution in [3.8, 4) is 0 Å². The van der Waals surface area contributed by atoms with Crippen molar-refractivity contribution in [2.24, 2.45) is 4.99 Å². The summed E-state index contributed by atoms with van der Waals surface area (Å²) in [5, 5.41) is 14.3. The Hall–Kier alpha value is -2.71. The first kappa shape index (κ1) is 20.0. The Morgan fingerprint density at radius 2 is 2.07 bits per heavy atom. The molecule has 1 aromatic heterocycles. The van der Waals surface area contributed by atoms with Crippen LogP contribution < -0.4 is 15.5 Å². The van der Waals surface area contributed by atoms with E-state index in [0.29, 0.717) is 12.2 Å². The van der Waals surface area contributed by atoms with Gasteiger partial charge in [-0.1, -0.05) is 0 Å². The Kier molecular flexibility index (Phi) is 7.16. The summed E-state index contributed by atoms with van der Waals surface area (Å²) in [7, 11) is 0. The molecule has 0 aliphatic carbocycles. The molecular weight excluding hydrogens is 364 g/mol. The van der Waals surface area contributed by atoms with Gasteiger partial charge in [-0.15, -0.1) is 10.2 Å². The van der Waals surface area contributed by atoms with E-state index in [2.05, 4.69) is 25.8 Å². The molecule has 1 saturated heterocycles. The summed E-state index contributed by atoms with van der Waals surface area (Å²) in [5.41, 5.74) is 0.446. The molecule has 1 aliphatic rings. The number of nitrogens with zero attached hydrogens (tertiary/aromatic N) is 5. The zero-order valence-electron chi connectivity index (χ0n) is 16.1. The first-order valence-electron chi connectivity index (χ1n) is 9.73. The lowest BCUT2D eigenvalue weighted by Gasteiger charge is -2.21. The van der Waals surface area contributed by atoms with Gasteiger partial charge in [-0.05, 0) is 38.3 Å². The molecule has 7 nitrogen and oxygen atoms in total. The lowest BCUT2D eigenvalue weighted by atomic mass is 10.2. The van der Waals surface area contributed by atoms with Crippen LogP contribution in [0.4, 0.5) is 14.5 Å². The smallest absolute Gasteiger partial charge is 0.191 e. The number of halogens is 2. The van der Waals surface area contributed by atoms with E-state index in [-0.39, 0.29) is 6.04 Å². The van der Waals surface area contributed by atoms with E-state index in [1.807, 2.05) is 16.4 Å². The molecular formula is C19H27F2N7. The van der Waals surface area contributed by atoms with Crippen molar-refractivity contribution < 1.29 is 8.78 Å². The second-order valence-corrected chi connectivity index (χ2v) is 6.84. The zero-order valence-corrected chi connectivity index (χ0v) is 16.1. The molecule has 0 saturated carbocycles. The number of aryl methyl sites for hydroxylation is 1. The van der Waals surface area contributed by atoms with Gasteiger partial charge in [-0.3, -0.25) is 4.99 Å². The molecule has 28 heavy (non-hydrogen) atoms. The molecule has 9 heteroatoms. The first-order valence-corrected chi connectivity index (χ1v) is 9.73. The standard InChI is InChI=1S/C19H27F2N7/c1-2-22-19(23-8-3-4-9-27-13-24-25-14-27)26-16-7-10-28(12-16)18-6-5-15(20)11-17(18)21/h5-6,11,13-14,16H,2-4,7-10,12H2,1H3,(H2,22,23,26). The van der Waals surface area contributed by atoms with Gasteiger partial charge in [0.15, 0.2) is 5.96 Å². The third kappa shape index (κ3) is 5.64. The maximum absolute atomic E-state index is 14.0. The van der Waals surface area contributed by atoms with Gasteiger partial charge in [0.05, 0.1) is 5.69 Å². The van der Waals surface area contributed by atoms with Crippen molar-refractivity contribution in [1.82, 2.24) is 25.4 Å².